The van der Waals surface area contributed by atoms with Gasteiger partial charge in [0.25, 0.3) is 5.56 Å². The highest BCUT2D eigenvalue weighted by molar-refractivity contribution is 7.18. The molecule has 0 saturated heterocycles. The summed E-state index contributed by atoms with van der Waals surface area (Å²) in [7, 11) is 0. The van der Waals surface area contributed by atoms with Gasteiger partial charge in [-0.05, 0) is 36.3 Å². The van der Waals surface area contributed by atoms with E-state index in [-0.39, 0.29) is 18.7 Å². The highest BCUT2D eigenvalue weighted by Crippen LogP contribution is 2.34. The summed E-state index contributed by atoms with van der Waals surface area (Å²) in [6, 6.07) is 3.97. The molecule has 0 fully saturated rings. The Morgan fingerprint density at radius 1 is 1.42 bits per heavy atom. The highest BCUT2D eigenvalue weighted by Gasteiger charge is 2.21. The monoisotopic (exact) mass is 362 g/mol. The summed E-state index contributed by atoms with van der Waals surface area (Å²) < 4.78 is 7.03. The minimum atomic E-state index is -0.728. The maximum absolute atomic E-state index is 12.7. The van der Waals surface area contributed by atoms with Crippen LogP contribution in [-0.4, -0.2) is 27.4 Å². The van der Waals surface area contributed by atoms with Crippen molar-refractivity contribution in [1.29, 1.82) is 0 Å². The molecule has 0 unspecified atom stereocenters. The van der Waals surface area contributed by atoms with Crippen LogP contribution >= 0.6 is 22.7 Å². The standard InChI is InChI=1S/C17H18N2O3S2/c20-11(8-22-9-12-3-2-6-23-12)7-19-10-18-16-15(17(19)21)13-4-1-5-14(13)24-16/h2-3,6,10-11,20H,1,4-5,7-9H2/t11-/m1/s1. The van der Waals surface area contributed by atoms with E-state index < -0.39 is 6.10 Å². The molecule has 1 atom stereocenters. The van der Waals surface area contributed by atoms with Crippen molar-refractivity contribution in [1.82, 2.24) is 9.55 Å². The van der Waals surface area contributed by atoms with Gasteiger partial charge in [-0.1, -0.05) is 6.07 Å². The molecule has 3 aromatic rings. The van der Waals surface area contributed by atoms with Gasteiger partial charge >= 0.3 is 0 Å². The Balaban J connectivity index is 1.46. The summed E-state index contributed by atoms with van der Waals surface area (Å²) in [6.45, 7) is 0.889. The van der Waals surface area contributed by atoms with E-state index in [1.807, 2.05) is 17.5 Å². The molecule has 1 aliphatic rings. The number of nitrogens with zero attached hydrogens (tertiary/aromatic N) is 2. The van der Waals surface area contributed by atoms with Gasteiger partial charge in [0.15, 0.2) is 0 Å². The van der Waals surface area contributed by atoms with Crippen LogP contribution in [0.5, 0.6) is 0 Å². The number of aliphatic hydroxyl groups excluding tert-OH is 1. The van der Waals surface area contributed by atoms with Gasteiger partial charge in [-0.25, -0.2) is 4.98 Å². The third kappa shape index (κ3) is 3.04. The Hall–Kier alpha value is -1.54. The van der Waals surface area contributed by atoms with Crippen LogP contribution in [0.25, 0.3) is 10.2 Å². The Morgan fingerprint density at radius 3 is 3.17 bits per heavy atom. The van der Waals surface area contributed by atoms with E-state index in [0.29, 0.717) is 6.61 Å². The molecule has 24 heavy (non-hydrogen) atoms. The lowest BCUT2D eigenvalue weighted by Crippen LogP contribution is -2.29. The Kier molecular flexibility index (Phi) is 4.49. The van der Waals surface area contributed by atoms with E-state index in [0.717, 1.165) is 34.4 Å². The smallest absolute Gasteiger partial charge is 0.262 e. The molecule has 0 spiro atoms. The zero-order valence-electron chi connectivity index (χ0n) is 13.1. The molecule has 0 aliphatic heterocycles. The summed E-state index contributed by atoms with van der Waals surface area (Å²) >= 11 is 3.25. The van der Waals surface area contributed by atoms with Crippen molar-refractivity contribution < 1.29 is 9.84 Å². The normalized spacial score (nSPS) is 15.0. The summed E-state index contributed by atoms with van der Waals surface area (Å²) in [4.78, 5) is 20.4. The lowest BCUT2D eigenvalue weighted by Gasteiger charge is -2.12. The Morgan fingerprint density at radius 2 is 2.33 bits per heavy atom. The molecule has 0 radical (unpaired) electrons. The number of rotatable bonds is 6. The second-order valence-corrected chi connectivity index (χ2v) is 8.10. The van der Waals surface area contributed by atoms with Gasteiger partial charge in [0.2, 0.25) is 0 Å². The van der Waals surface area contributed by atoms with E-state index in [1.54, 1.807) is 29.0 Å². The SMILES string of the molecule is O=c1c2c3c(sc2ncn1C[C@@H](O)COCc1cccs1)CCC3. The van der Waals surface area contributed by atoms with Crippen molar-refractivity contribution in [3.8, 4) is 0 Å². The maximum atomic E-state index is 12.7. The van der Waals surface area contributed by atoms with Crippen molar-refractivity contribution >= 4 is 32.9 Å². The molecular weight excluding hydrogens is 344 g/mol. The number of fused-ring (bicyclic) bond motifs is 3. The first-order valence-electron chi connectivity index (χ1n) is 8.00. The maximum Gasteiger partial charge on any atom is 0.262 e. The number of aliphatic hydroxyl groups is 1. The van der Waals surface area contributed by atoms with Crippen LogP contribution < -0.4 is 5.56 Å². The summed E-state index contributed by atoms with van der Waals surface area (Å²) in [6.07, 6.45) is 3.94. The van der Waals surface area contributed by atoms with Gasteiger partial charge in [-0.2, -0.15) is 0 Å². The fraction of sp³-hybridized carbons (Fsp3) is 0.412. The first-order valence-corrected chi connectivity index (χ1v) is 9.70. The lowest BCUT2D eigenvalue weighted by molar-refractivity contribution is 0.0207. The molecule has 5 nitrogen and oxygen atoms in total. The predicted molar refractivity (Wildman–Crippen MR) is 95.9 cm³/mol. The van der Waals surface area contributed by atoms with Gasteiger partial charge < -0.3 is 9.84 Å². The molecule has 126 valence electrons. The number of hydrogen-bond acceptors (Lipinski definition) is 6. The molecule has 0 aromatic carbocycles. The van der Waals surface area contributed by atoms with Crippen LogP contribution in [0.15, 0.2) is 28.6 Å². The lowest BCUT2D eigenvalue weighted by atomic mass is 10.2. The fourth-order valence-electron chi connectivity index (χ4n) is 3.12. The van der Waals surface area contributed by atoms with Crippen molar-refractivity contribution in [2.45, 2.75) is 38.5 Å². The van der Waals surface area contributed by atoms with Gasteiger partial charge in [0.05, 0.1) is 37.6 Å². The molecule has 1 N–H and O–H groups in total. The Labute approximate surface area is 147 Å². The molecule has 4 rings (SSSR count). The van der Waals surface area contributed by atoms with Crippen LogP contribution in [0.1, 0.15) is 21.7 Å². The molecule has 0 bridgehead atoms. The zero-order valence-corrected chi connectivity index (χ0v) is 14.7. The van der Waals surface area contributed by atoms with Crippen LogP contribution in [-0.2, 0) is 30.7 Å². The third-order valence-electron chi connectivity index (χ3n) is 4.23. The van der Waals surface area contributed by atoms with Crippen LogP contribution in [0.4, 0.5) is 0 Å². The first kappa shape index (κ1) is 16.0. The molecular formula is C17H18N2O3S2. The number of aryl methyl sites for hydroxylation is 2. The fourth-order valence-corrected chi connectivity index (χ4v) is 4.98. The predicted octanol–water partition coefficient (Wildman–Crippen LogP) is 2.59. The number of thiophene rings is 2. The van der Waals surface area contributed by atoms with E-state index >= 15 is 0 Å². The largest absolute Gasteiger partial charge is 0.389 e. The third-order valence-corrected chi connectivity index (χ3v) is 6.28. The molecule has 3 aromatic heterocycles. The summed E-state index contributed by atoms with van der Waals surface area (Å²) in [5.74, 6) is 0. The van der Waals surface area contributed by atoms with Crippen molar-refractivity contribution in [3.05, 3.63) is 49.5 Å². The van der Waals surface area contributed by atoms with E-state index in [1.165, 1.54) is 15.0 Å². The molecule has 3 heterocycles. The van der Waals surface area contributed by atoms with Crippen molar-refractivity contribution in [2.75, 3.05) is 6.61 Å². The zero-order chi connectivity index (χ0) is 16.5. The number of aromatic nitrogens is 2. The number of ether oxygens (including phenoxy) is 1. The molecule has 1 aliphatic carbocycles. The van der Waals surface area contributed by atoms with Gasteiger partial charge in [0.1, 0.15) is 4.83 Å². The second-order valence-electron chi connectivity index (χ2n) is 5.99. The molecule has 0 saturated carbocycles. The second kappa shape index (κ2) is 6.76. The van der Waals surface area contributed by atoms with Gasteiger partial charge in [-0.3, -0.25) is 9.36 Å². The molecule has 7 heteroatoms. The highest BCUT2D eigenvalue weighted by atomic mass is 32.1. The van der Waals surface area contributed by atoms with Gasteiger partial charge in [0, 0.05) is 9.75 Å². The van der Waals surface area contributed by atoms with Crippen molar-refractivity contribution in [2.24, 2.45) is 0 Å². The van der Waals surface area contributed by atoms with E-state index in [4.69, 9.17) is 4.74 Å². The summed E-state index contributed by atoms with van der Waals surface area (Å²) in [5.41, 5.74) is 1.13. The van der Waals surface area contributed by atoms with Crippen molar-refractivity contribution in [3.63, 3.8) is 0 Å². The minimum Gasteiger partial charge on any atom is -0.389 e. The minimum absolute atomic E-state index is 0.0447. The first-order chi connectivity index (χ1) is 11.7. The Bertz CT molecular complexity index is 899. The quantitative estimate of drug-likeness (QED) is 0.732. The van der Waals surface area contributed by atoms with Gasteiger partial charge in [-0.15, -0.1) is 22.7 Å². The average molecular weight is 362 g/mol. The van der Waals surface area contributed by atoms with E-state index in [9.17, 15) is 9.90 Å². The summed E-state index contributed by atoms with van der Waals surface area (Å²) in [5, 5.41) is 12.9. The van der Waals surface area contributed by atoms with Crippen LogP contribution in [0, 0.1) is 0 Å². The number of hydrogen-bond donors (Lipinski definition) is 1. The van der Waals surface area contributed by atoms with E-state index in [2.05, 4.69) is 4.98 Å². The molecule has 0 amide bonds. The van der Waals surface area contributed by atoms with Crippen LogP contribution in [0.3, 0.4) is 0 Å². The van der Waals surface area contributed by atoms with Crippen LogP contribution in [0.2, 0.25) is 0 Å². The topological polar surface area (TPSA) is 64.4 Å². The average Bonchev–Trinajstić information content (AvgIpc) is 3.26.